The van der Waals surface area contributed by atoms with Crippen molar-refractivity contribution >= 4 is 5.69 Å². The first kappa shape index (κ1) is 12.1. The van der Waals surface area contributed by atoms with E-state index in [9.17, 15) is 0 Å². The van der Waals surface area contributed by atoms with Gasteiger partial charge in [-0.25, -0.2) is 0 Å². The molecule has 0 aliphatic carbocycles. The Hall–Kier alpha value is -0.980. The lowest BCUT2D eigenvalue weighted by Crippen LogP contribution is -2.18. The van der Waals surface area contributed by atoms with Gasteiger partial charge < -0.3 is 4.90 Å². The van der Waals surface area contributed by atoms with E-state index in [4.69, 9.17) is 0 Å². The predicted octanol–water partition coefficient (Wildman–Crippen LogP) is 3.95. The molecule has 0 radical (unpaired) electrons. The van der Waals surface area contributed by atoms with Crippen LogP contribution >= 0.6 is 0 Å². The third-order valence-electron chi connectivity index (χ3n) is 2.55. The Kier molecular flexibility index (Phi) is 5.23. The first-order valence-corrected chi connectivity index (χ1v) is 6.07. The summed E-state index contributed by atoms with van der Waals surface area (Å²) in [4.78, 5) is 2.46. The van der Waals surface area contributed by atoms with Crippen LogP contribution in [0, 0.1) is 5.92 Å². The van der Waals surface area contributed by atoms with Crippen molar-refractivity contribution in [1.29, 1.82) is 0 Å². The van der Waals surface area contributed by atoms with Gasteiger partial charge in [-0.2, -0.15) is 0 Å². The molecule has 0 amide bonds. The highest BCUT2D eigenvalue weighted by molar-refractivity contribution is 5.46. The molecule has 1 atom stereocenters. The molecule has 0 saturated carbocycles. The molecule has 15 heavy (non-hydrogen) atoms. The molecule has 1 aromatic rings. The van der Waals surface area contributed by atoms with Gasteiger partial charge in [-0.1, -0.05) is 45.4 Å². The van der Waals surface area contributed by atoms with E-state index >= 15 is 0 Å². The van der Waals surface area contributed by atoms with Gasteiger partial charge in [-0.05, 0) is 24.5 Å². The van der Waals surface area contributed by atoms with Crippen LogP contribution in [0.5, 0.6) is 0 Å². The summed E-state index contributed by atoms with van der Waals surface area (Å²) >= 11 is 0. The average molecular weight is 205 g/mol. The van der Waals surface area contributed by atoms with Crippen LogP contribution in [0.25, 0.3) is 0 Å². The molecule has 1 aliphatic heterocycles. The lowest BCUT2D eigenvalue weighted by atomic mass is 10.2. The molecule has 0 N–H and O–H groups in total. The van der Waals surface area contributed by atoms with E-state index in [1.807, 2.05) is 0 Å². The molecule has 0 spiro atoms. The number of rotatable bonds is 1. The van der Waals surface area contributed by atoms with Crippen molar-refractivity contribution in [3.63, 3.8) is 0 Å². The Morgan fingerprint density at radius 3 is 2.27 bits per heavy atom. The SMILES string of the molecule is CCC.C[C@H]1CCN(c2ccccc2)C1. The van der Waals surface area contributed by atoms with E-state index < -0.39 is 0 Å². The minimum Gasteiger partial charge on any atom is -0.371 e. The number of anilines is 1. The second-order valence-electron chi connectivity index (χ2n) is 4.38. The summed E-state index contributed by atoms with van der Waals surface area (Å²) in [7, 11) is 0. The molecular formula is C14H23N. The van der Waals surface area contributed by atoms with Gasteiger partial charge in [0.05, 0.1) is 0 Å². The lowest BCUT2D eigenvalue weighted by Gasteiger charge is -2.17. The number of hydrogen-bond donors (Lipinski definition) is 0. The van der Waals surface area contributed by atoms with Crippen LogP contribution in [0.4, 0.5) is 5.69 Å². The van der Waals surface area contributed by atoms with Gasteiger partial charge in [-0.15, -0.1) is 0 Å². The summed E-state index contributed by atoms with van der Waals surface area (Å²) in [5.74, 6) is 0.866. The molecule has 1 fully saturated rings. The van der Waals surface area contributed by atoms with E-state index in [-0.39, 0.29) is 0 Å². The molecule has 1 heterocycles. The quantitative estimate of drug-likeness (QED) is 0.671. The fraction of sp³-hybridized carbons (Fsp3) is 0.571. The minimum atomic E-state index is 0.866. The van der Waals surface area contributed by atoms with E-state index in [0.717, 1.165) is 5.92 Å². The molecule has 0 aromatic heterocycles. The fourth-order valence-corrected chi connectivity index (χ4v) is 1.81. The molecule has 1 saturated heterocycles. The molecule has 1 heteroatoms. The Morgan fingerprint density at radius 1 is 1.20 bits per heavy atom. The third kappa shape index (κ3) is 3.94. The van der Waals surface area contributed by atoms with Crippen LogP contribution in [0.3, 0.4) is 0 Å². The molecule has 84 valence electrons. The lowest BCUT2D eigenvalue weighted by molar-refractivity contribution is 0.659. The van der Waals surface area contributed by atoms with Crippen molar-refractivity contribution in [2.45, 2.75) is 33.6 Å². The van der Waals surface area contributed by atoms with E-state index in [2.05, 4.69) is 56.0 Å². The van der Waals surface area contributed by atoms with E-state index in [1.54, 1.807) is 0 Å². The Bertz CT molecular complexity index is 255. The normalized spacial score (nSPS) is 19.7. The van der Waals surface area contributed by atoms with Crippen molar-refractivity contribution < 1.29 is 0 Å². The summed E-state index contributed by atoms with van der Waals surface area (Å²) < 4.78 is 0. The summed E-state index contributed by atoms with van der Waals surface area (Å²) in [6, 6.07) is 10.7. The predicted molar refractivity (Wildman–Crippen MR) is 68.4 cm³/mol. The van der Waals surface area contributed by atoms with Gasteiger partial charge in [0.1, 0.15) is 0 Å². The molecule has 0 bridgehead atoms. The first-order chi connectivity index (χ1) is 7.27. The number of benzene rings is 1. The standard InChI is InChI=1S/C11H15N.C3H8/c1-10-7-8-12(9-10)11-5-3-2-4-6-11;1-3-2/h2-6,10H,7-9H2,1H3;3H2,1-2H3/t10-;/m0./s1. The maximum absolute atomic E-state index is 2.46. The van der Waals surface area contributed by atoms with Crippen LogP contribution < -0.4 is 4.90 Å². The van der Waals surface area contributed by atoms with Crippen molar-refractivity contribution in [2.24, 2.45) is 5.92 Å². The van der Waals surface area contributed by atoms with Gasteiger partial charge in [0.25, 0.3) is 0 Å². The zero-order chi connectivity index (χ0) is 11.1. The van der Waals surface area contributed by atoms with Crippen molar-refractivity contribution in [1.82, 2.24) is 0 Å². The van der Waals surface area contributed by atoms with Gasteiger partial charge in [0.15, 0.2) is 0 Å². The van der Waals surface area contributed by atoms with Crippen LogP contribution in [-0.2, 0) is 0 Å². The Labute approximate surface area is 94.1 Å². The monoisotopic (exact) mass is 205 g/mol. The Morgan fingerprint density at radius 2 is 1.80 bits per heavy atom. The third-order valence-corrected chi connectivity index (χ3v) is 2.55. The topological polar surface area (TPSA) is 3.24 Å². The van der Waals surface area contributed by atoms with Crippen molar-refractivity contribution in [3.8, 4) is 0 Å². The molecule has 1 nitrogen and oxygen atoms in total. The average Bonchev–Trinajstić information content (AvgIpc) is 2.67. The van der Waals surface area contributed by atoms with E-state index in [0.29, 0.717) is 0 Å². The zero-order valence-corrected chi connectivity index (χ0v) is 10.2. The maximum atomic E-state index is 2.46. The second-order valence-corrected chi connectivity index (χ2v) is 4.38. The minimum absolute atomic E-state index is 0.866. The summed E-state index contributed by atoms with van der Waals surface area (Å²) in [6.07, 6.45) is 2.59. The highest BCUT2D eigenvalue weighted by Gasteiger charge is 2.17. The van der Waals surface area contributed by atoms with Crippen molar-refractivity contribution in [3.05, 3.63) is 30.3 Å². The van der Waals surface area contributed by atoms with Gasteiger partial charge in [0, 0.05) is 18.8 Å². The molecule has 0 unspecified atom stereocenters. The van der Waals surface area contributed by atoms with Crippen molar-refractivity contribution in [2.75, 3.05) is 18.0 Å². The summed E-state index contributed by atoms with van der Waals surface area (Å²) in [5.41, 5.74) is 1.38. The fourth-order valence-electron chi connectivity index (χ4n) is 1.81. The Balaban J connectivity index is 0.000000337. The highest BCUT2D eigenvalue weighted by atomic mass is 15.1. The number of nitrogens with zero attached hydrogens (tertiary/aromatic N) is 1. The van der Waals surface area contributed by atoms with Crippen LogP contribution in [0.1, 0.15) is 33.6 Å². The number of para-hydroxylation sites is 1. The van der Waals surface area contributed by atoms with Crippen LogP contribution in [0.15, 0.2) is 30.3 Å². The highest BCUT2D eigenvalue weighted by Crippen LogP contribution is 2.22. The largest absolute Gasteiger partial charge is 0.371 e. The number of hydrogen-bond acceptors (Lipinski definition) is 1. The summed E-state index contributed by atoms with van der Waals surface area (Å²) in [6.45, 7) is 9.03. The molecule has 1 aromatic carbocycles. The van der Waals surface area contributed by atoms with Crippen LogP contribution in [0.2, 0.25) is 0 Å². The second kappa shape index (κ2) is 6.49. The van der Waals surface area contributed by atoms with Crippen LogP contribution in [-0.4, -0.2) is 13.1 Å². The smallest absolute Gasteiger partial charge is 0.0366 e. The first-order valence-electron chi connectivity index (χ1n) is 6.07. The summed E-state index contributed by atoms with van der Waals surface area (Å²) in [5, 5.41) is 0. The molecular weight excluding hydrogens is 182 g/mol. The van der Waals surface area contributed by atoms with Gasteiger partial charge in [0.2, 0.25) is 0 Å². The maximum Gasteiger partial charge on any atom is 0.0366 e. The zero-order valence-electron chi connectivity index (χ0n) is 10.2. The van der Waals surface area contributed by atoms with E-state index in [1.165, 1.54) is 31.6 Å². The molecule has 2 rings (SSSR count). The van der Waals surface area contributed by atoms with Gasteiger partial charge in [-0.3, -0.25) is 0 Å². The van der Waals surface area contributed by atoms with Gasteiger partial charge >= 0.3 is 0 Å². The molecule has 1 aliphatic rings.